The Bertz CT molecular complexity index is 312. The fourth-order valence-corrected chi connectivity index (χ4v) is 2.15. The summed E-state index contributed by atoms with van der Waals surface area (Å²) >= 11 is 0. The minimum absolute atomic E-state index is 0.363. The van der Waals surface area contributed by atoms with Gasteiger partial charge in [-0.05, 0) is 19.3 Å². The summed E-state index contributed by atoms with van der Waals surface area (Å²) in [5.74, 6) is 0. The number of ether oxygens (including phenoxy) is 1. The van der Waals surface area contributed by atoms with E-state index in [-0.39, 0.29) is 0 Å². The predicted octanol–water partition coefficient (Wildman–Crippen LogP) is 0.472. The van der Waals surface area contributed by atoms with E-state index < -0.39 is 0 Å². The van der Waals surface area contributed by atoms with E-state index >= 15 is 0 Å². The van der Waals surface area contributed by atoms with Crippen LogP contribution in [-0.4, -0.2) is 34.2 Å². The number of nitrogens with zero attached hydrogens (tertiary/aromatic N) is 3. The molecule has 5 nitrogen and oxygen atoms in total. The van der Waals surface area contributed by atoms with E-state index in [0.717, 1.165) is 18.7 Å². The summed E-state index contributed by atoms with van der Waals surface area (Å²) in [4.78, 5) is 0. The maximum absolute atomic E-state index is 5.41. The van der Waals surface area contributed by atoms with E-state index in [1.54, 1.807) is 11.8 Å². The van der Waals surface area contributed by atoms with Gasteiger partial charge in [-0.3, -0.25) is 4.68 Å². The van der Waals surface area contributed by atoms with Crippen LogP contribution in [0.3, 0.4) is 0 Å². The highest BCUT2D eigenvalue weighted by Crippen LogP contribution is 2.21. The Kier molecular flexibility index (Phi) is 3.33. The van der Waals surface area contributed by atoms with Crippen molar-refractivity contribution in [1.82, 2.24) is 20.3 Å². The van der Waals surface area contributed by atoms with Crippen LogP contribution >= 0.6 is 0 Å². The summed E-state index contributed by atoms with van der Waals surface area (Å²) in [6.45, 7) is 0.776. The average molecular weight is 210 g/mol. The lowest BCUT2D eigenvalue weighted by Crippen LogP contribution is -2.36. The predicted molar refractivity (Wildman–Crippen MR) is 56.3 cm³/mol. The molecule has 2 rings (SSSR count). The molecule has 1 aliphatic carbocycles. The molecule has 1 aromatic rings. The summed E-state index contributed by atoms with van der Waals surface area (Å²) in [5.41, 5.74) is 0.985. The van der Waals surface area contributed by atoms with E-state index in [9.17, 15) is 0 Å². The lowest BCUT2D eigenvalue weighted by Gasteiger charge is -2.18. The van der Waals surface area contributed by atoms with Gasteiger partial charge in [0.2, 0.25) is 0 Å². The van der Waals surface area contributed by atoms with E-state index in [1.807, 2.05) is 13.2 Å². The summed E-state index contributed by atoms with van der Waals surface area (Å²) < 4.78 is 7.14. The molecular formula is C10H18N4O. The topological polar surface area (TPSA) is 52.0 Å². The highest BCUT2D eigenvalue weighted by molar-refractivity contribution is 4.93. The highest BCUT2D eigenvalue weighted by atomic mass is 16.5. The second-order valence-corrected chi connectivity index (χ2v) is 4.08. The Balaban J connectivity index is 1.82. The third-order valence-electron chi connectivity index (χ3n) is 2.95. The molecule has 5 heteroatoms. The molecule has 0 radical (unpaired) electrons. The molecule has 84 valence electrons. The van der Waals surface area contributed by atoms with Gasteiger partial charge in [-0.1, -0.05) is 5.21 Å². The molecule has 0 amide bonds. The number of hydrogen-bond acceptors (Lipinski definition) is 4. The molecule has 2 unspecified atom stereocenters. The van der Waals surface area contributed by atoms with Gasteiger partial charge in [0.25, 0.3) is 0 Å². The molecule has 0 spiro atoms. The van der Waals surface area contributed by atoms with Gasteiger partial charge >= 0.3 is 0 Å². The van der Waals surface area contributed by atoms with Gasteiger partial charge in [0.1, 0.15) is 0 Å². The van der Waals surface area contributed by atoms with Crippen LogP contribution in [-0.2, 0) is 18.3 Å². The number of methoxy groups -OCH3 is 1. The lowest BCUT2D eigenvalue weighted by atomic mass is 10.2. The van der Waals surface area contributed by atoms with Gasteiger partial charge in [0.05, 0.1) is 11.8 Å². The van der Waals surface area contributed by atoms with Crippen molar-refractivity contribution in [2.24, 2.45) is 7.05 Å². The Hall–Kier alpha value is -0.940. The van der Waals surface area contributed by atoms with Crippen molar-refractivity contribution in [2.75, 3.05) is 7.11 Å². The van der Waals surface area contributed by atoms with Gasteiger partial charge in [0.15, 0.2) is 0 Å². The van der Waals surface area contributed by atoms with Crippen LogP contribution in [0.2, 0.25) is 0 Å². The normalized spacial score (nSPS) is 26.0. The highest BCUT2D eigenvalue weighted by Gasteiger charge is 2.26. The Morgan fingerprint density at radius 3 is 3.13 bits per heavy atom. The Morgan fingerprint density at radius 2 is 2.47 bits per heavy atom. The number of aryl methyl sites for hydroxylation is 1. The fraction of sp³-hybridized carbons (Fsp3) is 0.800. The first kappa shape index (κ1) is 10.6. The van der Waals surface area contributed by atoms with E-state index in [0.29, 0.717) is 12.1 Å². The van der Waals surface area contributed by atoms with Crippen molar-refractivity contribution >= 4 is 0 Å². The van der Waals surface area contributed by atoms with Crippen molar-refractivity contribution in [2.45, 2.75) is 38.0 Å². The van der Waals surface area contributed by atoms with E-state index in [2.05, 4.69) is 15.6 Å². The van der Waals surface area contributed by atoms with Gasteiger partial charge in [-0.2, -0.15) is 0 Å². The van der Waals surface area contributed by atoms with Crippen LogP contribution < -0.4 is 5.32 Å². The number of hydrogen-bond donors (Lipinski definition) is 1. The molecule has 2 atom stereocenters. The summed E-state index contributed by atoms with van der Waals surface area (Å²) in [7, 11) is 3.66. The van der Waals surface area contributed by atoms with E-state index in [1.165, 1.54) is 12.8 Å². The quantitative estimate of drug-likeness (QED) is 0.785. The molecule has 15 heavy (non-hydrogen) atoms. The lowest BCUT2D eigenvalue weighted by molar-refractivity contribution is 0.0846. The monoisotopic (exact) mass is 210 g/mol. The molecule has 1 aromatic heterocycles. The van der Waals surface area contributed by atoms with Crippen LogP contribution in [0.4, 0.5) is 0 Å². The third-order valence-corrected chi connectivity index (χ3v) is 2.95. The minimum Gasteiger partial charge on any atom is -0.380 e. The number of nitrogens with one attached hydrogen (secondary N) is 1. The first-order valence-electron chi connectivity index (χ1n) is 5.41. The van der Waals surface area contributed by atoms with Crippen LogP contribution in [0.5, 0.6) is 0 Å². The molecular weight excluding hydrogens is 192 g/mol. The van der Waals surface area contributed by atoms with Crippen LogP contribution in [0, 0.1) is 0 Å². The van der Waals surface area contributed by atoms with Crippen molar-refractivity contribution < 1.29 is 4.74 Å². The Morgan fingerprint density at radius 1 is 1.60 bits per heavy atom. The first-order chi connectivity index (χ1) is 7.29. The molecule has 0 aromatic carbocycles. The van der Waals surface area contributed by atoms with Crippen molar-refractivity contribution in [3.05, 3.63) is 11.9 Å². The maximum atomic E-state index is 5.41. The molecule has 0 aliphatic heterocycles. The zero-order valence-corrected chi connectivity index (χ0v) is 9.31. The van der Waals surface area contributed by atoms with Crippen molar-refractivity contribution in [3.63, 3.8) is 0 Å². The zero-order valence-electron chi connectivity index (χ0n) is 9.31. The zero-order chi connectivity index (χ0) is 10.7. The van der Waals surface area contributed by atoms with Crippen LogP contribution in [0.25, 0.3) is 0 Å². The van der Waals surface area contributed by atoms with E-state index in [4.69, 9.17) is 4.74 Å². The smallest absolute Gasteiger partial charge is 0.0964 e. The first-order valence-corrected chi connectivity index (χ1v) is 5.41. The standard InChI is InChI=1S/C10H18N4O/c1-14-7-8(12-13-14)6-11-9-4-3-5-10(9)15-2/h7,9-11H,3-6H2,1-2H3. The molecule has 1 N–H and O–H groups in total. The summed E-state index contributed by atoms with van der Waals surface area (Å²) in [6, 6.07) is 0.469. The molecule has 0 saturated heterocycles. The van der Waals surface area contributed by atoms with Gasteiger partial charge in [-0.15, -0.1) is 5.10 Å². The third kappa shape index (κ3) is 2.54. The fourth-order valence-electron chi connectivity index (χ4n) is 2.15. The maximum Gasteiger partial charge on any atom is 0.0964 e. The van der Waals surface area contributed by atoms with Crippen LogP contribution in [0.15, 0.2) is 6.20 Å². The molecule has 0 bridgehead atoms. The second-order valence-electron chi connectivity index (χ2n) is 4.08. The largest absolute Gasteiger partial charge is 0.380 e. The molecule has 1 heterocycles. The number of rotatable bonds is 4. The van der Waals surface area contributed by atoms with Gasteiger partial charge in [-0.25, -0.2) is 0 Å². The second kappa shape index (κ2) is 4.72. The molecule has 1 aliphatic rings. The van der Waals surface area contributed by atoms with Gasteiger partial charge in [0, 0.05) is 32.9 Å². The van der Waals surface area contributed by atoms with Crippen molar-refractivity contribution in [1.29, 1.82) is 0 Å². The average Bonchev–Trinajstić information content (AvgIpc) is 2.83. The summed E-state index contributed by atoms with van der Waals surface area (Å²) in [5, 5.41) is 11.4. The number of aromatic nitrogens is 3. The Labute approximate surface area is 89.8 Å². The molecule has 1 fully saturated rings. The molecule has 1 saturated carbocycles. The van der Waals surface area contributed by atoms with Gasteiger partial charge < -0.3 is 10.1 Å². The summed E-state index contributed by atoms with van der Waals surface area (Å²) in [6.07, 6.45) is 5.90. The minimum atomic E-state index is 0.363. The van der Waals surface area contributed by atoms with Crippen LogP contribution in [0.1, 0.15) is 25.0 Å². The van der Waals surface area contributed by atoms with Crippen molar-refractivity contribution in [3.8, 4) is 0 Å². The SMILES string of the molecule is COC1CCCC1NCc1cn(C)nn1.